The van der Waals surface area contributed by atoms with Gasteiger partial charge in [0, 0.05) is 13.1 Å². The van der Waals surface area contributed by atoms with E-state index in [0.29, 0.717) is 10.9 Å². The standard InChI is InChI=1S/C10H21N5O4S.H2O/c1-3-5-14(6-4-2)9-7-8(11)15(10(12)13-9)19-20(16,17)18;/h7-8H,3-6,11H2,1-2H3,(H2,12,13)(H,16,17,18);1H2. The second-order valence-corrected chi connectivity index (χ2v) is 5.31. The molecule has 7 N–H and O–H groups in total. The summed E-state index contributed by atoms with van der Waals surface area (Å²) in [7, 11) is -4.71. The topological polar surface area (TPSA) is 166 Å². The van der Waals surface area contributed by atoms with Gasteiger partial charge in [0.2, 0.25) is 5.96 Å². The van der Waals surface area contributed by atoms with Crippen LogP contribution in [-0.4, -0.2) is 53.6 Å². The first-order chi connectivity index (χ1) is 9.28. The maximum atomic E-state index is 10.7. The summed E-state index contributed by atoms with van der Waals surface area (Å²) < 4.78 is 34.3. The van der Waals surface area contributed by atoms with Crippen LogP contribution in [-0.2, 0) is 14.7 Å². The van der Waals surface area contributed by atoms with Crippen molar-refractivity contribution in [2.75, 3.05) is 13.1 Å². The first-order valence-corrected chi connectivity index (χ1v) is 7.67. The van der Waals surface area contributed by atoms with Crippen LogP contribution in [0.15, 0.2) is 16.9 Å². The molecule has 1 rings (SSSR count). The van der Waals surface area contributed by atoms with E-state index in [1.54, 1.807) is 0 Å². The quantitative estimate of drug-likeness (QED) is 0.489. The zero-order chi connectivity index (χ0) is 15.3. The Balaban J connectivity index is 0.00000400. The van der Waals surface area contributed by atoms with E-state index >= 15 is 0 Å². The molecule has 0 aliphatic carbocycles. The van der Waals surface area contributed by atoms with Gasteiger partial charge in [-0.25, -0.2) is 0 Å². The van der Waals surface area contributed by atoms with E-state index in [-0.39, 0.29) is 11.4 Å². The average Bonchev–Trinajstić information content (AvgIpc) is 2.32. The van der Waals surface area contributed by atoms with E-state index in [1.165, 1.54) is 6.08 Å². The number of hydroxylamine groups is 2. The van der Waals surface area contributed by atoms with Gasteiger partial charge in [0.05, 0.1) is 0 Å². The maximum Gasteiger partial charge on any atom is 0.418 e. The number of nitrogens with zero attached hydrogens (tertiary/aromatic N) is 3. The second-order valence-electron chi connectivity index (χ2n) is 4.30. The van der Waals surface area contributed by atoms with E-state index in [1.807, 2.05) is 18.7 Å². The van der Waals surface area contributed by atoms with E-state index in [4.69, 9.17) is 16.0 Å². The normalized spacial score (nSPS) is 18.7. The van der Waals surface area contributed by atoms with E-state index in [2.05, 4.69) is 9.28 Å². The van der Waals surface area contributed by atoms with E-state index in [9.17, 15) is 8.42 Å². The molecular formula is C10H23N5O5S. The minimum absolute atomic E-state index is 0. The average molecular weight is 325 g/mol. The smallest absolute Gasteiger partial charge is 0.412 e. The van der Waals surface area contributed by atoms with Crippen molar-refractivity contribution in [2.45, 2.75) is 32.9 Å². The van der Waals surface area contributed by atoms with Gasteiger partial charge in [-0.3, -0.25) is 4.55 Å². The molecule has 10 nitrogen and oxygen atoms in total. The molecule has 0 aromatic rings. The Kier molecular flexibility index (Phi) is 7.60. The van der Waals surface area contributed by atoms with Crippen LogP contribution in [0.25, 0.3) is 0 Å². The molecule has 1 atom stereocenters. The molecule has 21 heavy (non-hydrogen) atoms. The summed E-state index contributed by atoms with van der Waals surface area (Å²) in [4.78, 5) is 6.06. The Morgan fingerprint density at radius 2 is 1.95 bits per heavy atom. The fourth-order valence-corrected chi connectivity index (χ4v) is 2.20. The Labute approximate surface area is 124 Å². The number of rotatable bonds is 7. The van der Waals surface area contributed by atoms with Crippen molar-refractivity contribution in [3.8, 4) is 0 Å². The van der Waals surface area contributed by atoms with Crippen LogP contribution in [0.3, 0.4) is 0 Å². The summed E-state index contributed by atoms with van der Waals surface area (Å²) in [6, 6.07) is 0. The second kappa shape index (κ2) is 8.14. The molecule has 0 radical (unpaired) electrons. The molecule has 0 saturated heterocycles. The van der Waals surface area contributed by atoms with Crippen molar-refractivity contribution in [1.29, 1.82) is 0 Å². The van der Waals surface area contributed by atoms with Crippen LogP contribution >= 0.6 is 0 Å². The van der Waals surface area contributed by atoms with Crippen molar-refractivity contribution >= 4 is 16.4 Å². The predicted molar refractivity (Wildman–Crippen MR) is 77.9 cm³/mol. The lowest BCUT2D eigenvalue weighted by molar-refractivity contribution is -0.0132. The van der Waals surface area contributed by atoms with Crippen molar-refractivity contribution in [2.24, 2.45) is 16.5 Å². The zero-order valence-electron chi connectivity index (χ0n) is 12.1. The van der Waals surface area contributed by atoms with Crippen LogP contribution in [0.2, 0.25) is 0 Å². The largest absolute Gasteiger partial charge is 0.418 e. The summed E-state index contributed by atoms with van der Waals surface area (Å²) in [5.74, 6) is 0.332. The molecule has 0 spiro atoms. The van der Waals surface area contributed by atoms with Gasteiger partial charge in [0.25, 0.3) is 0 Å². The third-order valence-corrected chi connectivity index (χ3v) is 2.88. The molecule has 0 aromatic heterocycles. The van der Waals surface area contributed by atoms with Crippen molar-refractivity contribution in [3.63, 3.8) is 0 Å². The highest BCUT2D eigenvalue weighted by atomic mass is 32.3. The molecule has 0 amide bonds. The summed E-state index contributed by atoms with van der Waals surface area (Å²) in [5.41, 5.74) is 11.4. The zero-order valence-corrected chi connectivity index (χ0v) is 12.9. The van der Waals surface area contributed by atoms with Gasteiger partial charge in [-0.2, -0.15) is 18.5 Å². The molecule has 0 bridgehead atoms. The first-order valence-electron chi connectivity index (χ1n) is 6.31. The predicted octanol–water partition coefficient (Wildman–Crippen LogP) is -1.23. The number of guanidine groups is 1. The number of hydrogen-bond acceptors (Lipinski definition) is 8. The summed E-state index contributed by atoms with van der Waals surface area (Å²) in [5, 5.41) is 0.634. The highest BCUT2D eigenvalue weighted by molar-refractivity contribution is 7.80. The first kappa shape index (κ1) is 19.6. The third kappa shape index (κ3) is 5.85. The summed E-state index contributed by atoms with van der Waals surface area (Å²) >= 11 is 0. The van der Waals surface area contributed by atoms with Crippen LogP contribution in [0.4, 0.5) is 0 Å². The lowest BCUT2D eigenvalue weighted by Gasteiger charge is -2.32. The number of hydrogen-bond donors (Lipinski definition) is 3. The van der Waals surface area contributed by atoms with Gasteiger partial charge >= 0.3 is 10.4 Å². The van der Waals surface area contributed by atoms with Crippen molar-refractivity contribution < 1.29 is 22.7 Å². The highest BCUT2D eigenvalue weighted by Crippen LogP contribution is 2.16. The molecule has 1 aliphatic heterocycles. The van der Waals surface area contributed by atoms with Gasteiger partial charge in [-0.1, -0.05) is 13.8 Å². The fourth-order valence-electron chi connectivity index (χ4n) is 1.82. The van der Waals surface area contributed by atoms with Gasteiger partial charge in [-0.15, -0.1) is 4.28 Å². The minimum atomic E-state index is -4.71. The maximum absolute atomic E-state index is 10.7. The lowest BCUT2D eigenvalue weighted by atomic mass is 10.3. The Morgan fingerprint density at radius 1 is 1.43 bits per heavy atom. The fraction of sp³-hybridized carbons (Fsp3) is 0.700. The van der Waals surface area contributed by atoms with Crippen LogP contribution < -0.4 is 11.5 Å². The van der Waals surface area contributed by atoms with E-state index in [0.717, 1.165) is 25.9 Å². The molecule has 1 aliphatic rings. The van der Waals surface area contributed by atoms with Gasteiger partial charge < -0.3 is 21.8 Å². The van der Waals surface area contributed by atoms with Crippen molar-refractivity contribution in [1.82, 2.24) is 9.96 Å². The van der Waals surface area contributed by atoms with Gasteiger partial charge in [0.1, 0.15) is 12.0 Å². The van der Waals surface area contributed by atoms with Gasteiger partial charge in [-0.05, 0) is 18.9 Å². The summed E-state index contributed by atoms with van der Waals surface area (Å²) in [6.07, 6.45) is 2.41. The molecular weight excluding hydrogens is 302 g/mol. The van der Waals surface area contributed by atoms with Crippen molar-refractivity contribution in [3.05, 3.63) is 11.9 Å². The van der Waals surface area contributed by atoms with E-state index < -0.39 is 16.6 Å². The number of aliphatic imine (C=N–C) groups is 1. The van der Waals surface area contributed by atoms with Crippen LogP contribution in [0.1, 0.15) is 26.7 Å². The monoisotopic (exact) mass is 325 g/mol. The Morgan fingerprint density at radius 3 is 2.33 bits per heavy atom. The minimum Gasteiger partial charge on any atom is -0.412 e. The lowest BCUT2D eigenvalue weighted by Crippen LogP contribution is -2.52. The molecule has 11 heteroatoms. The highest BCUT2D eigenvalue weighted by Gasteiger charge is 2.27. The van der Waals surface area contributed by atoms with Gasteiger partial charge in [0.15, 0.2) is 0 Å². The van der Waals surface area contributed by atoms with Crippen LogP contribution in [0.5, 0.6) is 0 Å². The third-order valence-electron chi connectivity index (χ3n) is 2.53. The Hall–Kier alpha value is -1.40. The summed E-state index contributed by atoms with van der Waals surface area (Å²) in [6.45, 7) is 5.63. The van der Waals surface area contributed by atoms with Crippen LogP contribution in [0, 0.1) is 0 Å². The molecule has 124 valence electrons. The molecule has 0 saturated carbocycles. The molecule has 0 fully saturated rings. The molecule has 1 heterocycles. The molecule has 1 unspecified atom stereocenters. The SMILES string of the molecule is CCCN(CCC)C1=CC(N)N(OS(=O)(=O)O)C(N)=N1.O. The Bertz CT molecular complexity index is 486. The number of nitrogens with two attached hydrogens (primary N) is 2. The molecule has 0 aromatic carbocycles.